The quantitative estimate of drug-likeness (QED) is 0.848. The number of ether oxygens (including phenoxy) is 1. The highest BCUT2D eigenvalue weighted by molar-refractivity contribution is 5.85. The zero-order chi connectivity index (χ0) is 12.3. The van der Waals surface area contributed by atoms with Crippen molar-refractivity contribution in [3.05, 3.63) is 0 Å². The Labute approximate surface area is 116 Å². The number of amides is 1. The van der Waals surface area contributed by atoms with E-state index in [2.05, 4.69) is 0 Å². The highest BCUT2D eigenvalue weighted by atomic mass is 35.5. The molecule has 2 atom stereocenters. The van der Waals surface area contributed by atoms with Gasteiger partial charge >= 0.3 is 0 Å². The Kier molecular flexibility index (Phi) is 6.39. The topological polar surface area (TPSA) is 55.6 Å². The van der Waals surface area contributed by atoms with Gasteiger partial charge in [0, 0.05) is 26.2 Å². The SMILES string of the molecule is COC(CN)C(=O)N1CCCC1C1CCCC1.Cl. The number of carbonyl (C=O) groups excluding carboxylic acids is 1. The summed E-state index contributed by atoms with van der Waals surface area (Å²) in [7, 11) is 1.57. The third kappa shape index (κ3) is 3.16. The Morgan fingerprint density at radius 2 is 2.00 bits per heavy atom. The molecule has 106 valence electrons. The van der Waals surface area contributed by atoms with Crippen LogP contribution in [0.25, 0.3) is 0 Å². The first-order valence-electron chi connectivity index (χ1n) is 6.81. The van der Waals surface area contributed by atoms with E-state index in [1.165, 1.54) is 25.7 Å². The van der Waals surface area contributed by atoms with Gasteiger partial charge in [-0.2, -0.15) is 0 Å². The molecule has 2 unspecified atom stereocenters. The molecule has 1 saturated heterocycles. The standard InChI is InChI=1S/C13H24N2O2.ClH/c1-17-12(9-14)13(16)15-8-4-7-11(15)10-5-2-3-6-10;/h10-12H,2-9,14H2,1H3;1H. The molecule has 1 heterocycles. The van der Waals surface area contributed by atoms with Crippen molar-refractivity contribution in [2.75, 3.05) is 20.2 Å². The molecule has 4 nitrogen and oxygen atoms in total. The third-order valence-electron chi connectivity index (χ3n) is 4.30. The van der Waals surface area contributed by atoms with E-state index in [4.69, 9.17) is 10.5 Å². The van der Waals surface area contributed by atoms with Gasteiger partial charge in [0.1, 0.15) is 6.10 Å². The second kappa shape index (κ2) is 7.31. The van der Waals surface area contributed by atoms with Crippen molar-refractivity contribution in [2.45, 2.75) is 50.7 Å². The zero-order valence-electron chi connectivity index (χ0n) is 11.1. The van der Waals surface area contributed by atoms with Crippen LogP contribution in [0.1, 0.15) is 38.5 Å². The van der Waals surface area contributed by atoms with Gasteiger partial charge in [0.15, 0.2) is 0 Å². The van der Waals surface area contributed by atoms with Crippen molar-refractivity contribution in [1.82, 2.24) is 4.90 Å². The van der Waals surface area contributed by atoms with Crippen molar-refractivity contribution < 1.29 is 9.53 Å². The van der Waals surface area contributed by atoms with Gasteiger partial charge in [0.2, 0.25) is 0 Å². The molecular weight excluding hydrogens is 252 g/mol. The molecular formula is C13H25ClN2O2. The van der Waals surface area contributed by atoms with Crippen LogP contribution in [-0.2, 0) is 9.53 Å². The van der Waals surface area contributed by atoms with Crippen LogP contribution in [0.5, 0.6) is 0 Å². The van der Waals surface area contributed by atoms with Crippen LogP contribution in [0, 0.1) is 5.92 Å². The molecule has 0 aromatic rings. The lowest BCUT2D eigenvalue weighted by molar-refractivity contribution is -0.143. The van der Waals surface area contributed by atoms with Crippen LogP contribution < -0.4 is 5.73 Å². The number of hydrogen-bond acceptors (Lipinski definition) is 3. The van der Waals surface area contributed by atoms with E-state index in [1.54, 1.807) is 7.11 Å². The molecule has 0 radical (unpaired) electrons. The average Bonchev–Trinajstić information content (AvgIpc) is 3.01. The van der Waals surface area contributed by atoms with Crippen molar-refractivity contribution in [1.29, 1.82) is 0 Å². The molecule has 0 aromatic heterocycles. The lowest BCUT2D eigenvalue weighted by atomic mass is 9.96. The van der Waals surface area contributed by atoms with E-state index < -0.39 is 6.10 Å². The fourth-order valence-corrected chi connectivity index (χ4v) is 3.38. The predicted molar refractivity (Wildman–Crippen MR) is 73.8 cm³/mol. The predicted octanol–water partition coefficient (Wildman–Crippen LogP) is 1.56. The number of hydrogen-bond donors (Lipinski definition) is 1. The summed E-state index contributed by atoms with van der Waals surface area (Å²) in [5.41, 5.74) is 5.58. The second-order valence-electron chi connectivity index (χ2n) is 5.25. The van der Waals surface area contributed by atoms with E-state index >= 15 is 0 Å². The van der Waals surface area contributed by atoms with Crippen LogP contribution in [0.15, 0.2) is 0 Å². The van der Waals surface area contributed by atoms with E-state index in [1.807, 2.05) is 4.90 Å². The first kappa shape index (κ1) is 15.7. The fraction of sp³-hybridized carbons (Fsp3) is 0.923. The summed E-state index contributed by atoms with van der Waals surface area (Å²) in [6.45, 7) is 1.17. The van der Waals surface area contributed by atoms with Crippen LogP contribution in [-0.4, -0.2) is 43.2 Å². The molecule has 2 fully saturated rings. The lowest BCUT2D eigenvalue weighted by Gasteiger charge is -2.31. The van der Waals surface area contributed by atoms with Crippen LogP contribution in [0.4, 0.5) is 0 Å². The molecule has 2 aliphatic rings. The summed E-state index contributed by atoms with van der Waals surface area (Å²) < 4.78 is 5.17. The van der Waals surface area contributed by atoms with Crippen LogP contribution >= 0.6 is 12.4 Å². The maximum atomic E-state index is 12.3. The number of nitrogens with two attached hydrogens (primary N) is 1. The van der Waals surface area contributed by atoms with E-state index in [-0.39, 0.29) is 24.9 Å². The Morgan fingerprint density at radius 3 is 2.56 bits per heavy atom. The monoisotopic (exact) mass is 276 g/mol. The van der Waals surface area contributed by atoms with Gasteiger partial charge < -0.3 is 15.4 Å². The zero-order valence-corrected chi connectivity index (χ0v) is 12.0. The normalized spacial score (nSPS) is 26.1. The van der Waals surface area contributed by atoms with Crippen molar-refractivity contribution in [3.8, 4) is 0 Å². The van der Waals surface area contributed by atoms with Gasteiger partial charge in [-0.1, -0.05) is 12.8 Å². The molecule has 0 aromatic carbocycles. The first-order valence-corrected chi connectivity index (χ1v) is 6.81. The lowest BCUT2D eigenvalue weighted by Crippen LogP contribution is -2.47. The largest absolute Gasteiger partial charge is 0.370 e. The van der Waals surface area contributed by atoms with Gasteiger partial charge in [-0.15, -0.1) is 12.4 Å². The first-order chi connectivity index (χ1) is 8.27. The third-order valence-corrected chi connectivity index (χ3v) is 4.30. The van der Waals surface area contributed by atoms with Crippen molar-refractivity contribution >= 4 is 18.3 Å². The minimum atomic E-state index is -0.447. The van der Waals surface area contributed by atoms with Crippen molar-refractivity contribution in [3.63, 3.8) is 0 Å². The molecule has 1 amide bonds. The Morgan fingerprint density at radius 1 is 1.33 bits per heavy atom. The highest BCUT2D eigenvalue weighted by Gasteiger charge is 2.37. The number of halogens is 1. The van der Waals surface area contributed by atoms with E-state index in [0.717, 1.165) is 25.3 Å². The molecule has 1 aliphatic carbocycles. The number of rotatable bonds is 4. The minimum absolute atomic E-state index is 0. The molecule has 2 rings (SSSR count). The summed E-state index contributed by atoms with van der Waals surface area (Å²) in [6.07, 6.45) is 7.08. The van der Waals surface area contributed by atoms with Gasteiger partial charge in [-0.05, 0) is 31.6 Å². The van der Waals surface area contributed by atoms with Crippen LogP contribution in [0.3, 0.4) is 0 Å². The number of nitrogens with zero attached hydrogens (tertiary/aromatic N) is 1. The summed E-state index contributed by atoms with van der Waals surface area (Å²) >= 11 is 0. The Hall–Kier alpha value is -0.320. The maximum absolute atomic E-state index is 12.3. The van der Waals surface area contributed by atoms with Gasteiger partial charge in [0.05, 0.1) is 0 Å². The van der Waals surface area contributed by atoms with E-state index in [9.17, 15) is 4.79 Å². The molecule has 18 heavy (non-hydrogen) atoms. The number of methoxy groups -OCH3 is 1. The van der Waals surface area contributed by atoms with E-state index in [0.29, 0.717) is 6.04 Å². The summed E-state index contributed by atoms with van der Waals surface area (Å²) in [4.78, 5) is 14.3. The molecule has 1 saturated carbocycles. The van der Waals surface area contributed by atoms with Gasteiger partial charge in [-0.3, -0.25) is 4.79 Å². The summed E-state index contributed by atoms with van der Waals surface area (Å²) in [6, 6.07) is 0.453. The molecule has 1 aliphatic heterocycles. The minimum Gasteiger partial charge on any atom is -0.370 e. The maximum Gasteiger partial charge on any atom is 0.253 e. The Bertz CT molecular complexity index is 266. The Balaban J connectivity index is 0.00000162. The average molecular weight is 277 g/mol. The molecule has 2 N–H and O–H groups in total. The van der Waals surface area contributed by atoms with Gasteiger partial charge in [-0.25, -0.2) is 0 Å². The number of likely N-dealkylation sites (tertiary alicyclic amines) is 1. The molecule has 0 spiro atoms. The second-order valence-corrected chi connectivity index (χ2v) is 5.25. The molecule has 0 bridgehead atoms. The number of carbonyl (C=O) groups is 1. The molecule has 5 heteroatoms. The van der Waals surface area contributed by atoms with Gasteiger partial charge in [0.25, 0.3) is 5.91 Å². The van der Waals surface area contributed by atoms with Crippen molar-refractivity contribution in [2.24, 2.45) is 11.7 Å². The summed E-state index contributed by atoms with van der Waals surface area (Å²) in [5.74, 6) is 0.820. The smallest absolute Gasteiger partial charge is 0.253 e. The van der Waals surface area contributed by atoms with Crippen LogP contribution in [0.2, 0.25) is 0 Å². The fourth-order valence-electron chi connectivity index (χ4n) is 3.38. The summed E-state index contributed by atoms with van der Waals surface area (Å²) in [5, 5.41) is 0. The highest BCUT2D eigenvalue weighted by Crippen LogP contribution is 2.35.